The molecule has 0 unspecified atom stereocenters. The van der Waals surface area contributed by atoms with Gasteiger partial charge in [0.2, 0.25) is 10.0 Å². The Morgan fingerprint density at radius 2 is 1.82 bits per heavy atom. The predicted octanol–water partition coefficient (Wildman–Crippen LogP) is 4.89. The van der Waals surface area contributed by atoms with E-state index < -0.39 is 10.0 Å². The first kappa shape index (κ1) is 20.8. The molecule has 0 spiro atoms. The highest BCUT2D eigenvalue weighted by Gasteiger charge is 2.20. The fraction of sp³-hybridized carbons (Fsp3) is 0.105. The minimum absolute atomic E-state index is 0.0529. The van der Waals surface area contributed by atoms with Crippen LogP contribution in [0.4, 0.5) is 5.69 Å². The van der Waals surface area contributed by atoms with E-state index in [4.69, 9.17) is 11.6 Å². The highest BCUT2D eigenvalue weighted by atomic mass is 35.5. The number of nitrogens with one attached hydrogen (secondary N) is 1. The van der Waals surface area contributed by atoms with Crippen LogP contribution in [0.2, 0.25) is 5.02 Å². The van der Waals surface area contributed by atoms with Crippen LogP contribution >= 0.6 is 34.3 Å². The molecule has 0 aliphatic rings. The second-order valence-electron chi connectivity index (χ2n) is 5.93. The Balaban J connectivity index is 1.97. The third kappa shape index (κ3) is 4.53. The summed E-state index contributed by atoms with van der Waals surface area (Å²) in [6.45, 7) is 0. The molecule has 2 heterocycles. The number of hydrogen-bond acceptors (Lipinski definition) is 5. The summed E-state index contributed by atoms with van der Waals surface area (Å²) < 4.78 is 25.9. The van der Waals surface area contributed by atoms with Gasteiger partial charge in [-0.15, -0.1) is 22.7 Å². The summed E-state index contributed by atoms with van der Waals surface area (Å²) in [5.74, 6) is -0.364. The molecule has 3 rings (SSSR count). The van der Waals surface area contributed by atoms with Crippen LogP contribution in [-0.2, 0) is 14.8 Å². The number of nitrogens with zero attached hydrogens (tertiary/aromatic N) is 1. The molecule has 0 bridgehead atoms. The van der Waals surface area contributed by atoms with Gasteiger partial charge in [-0.2, -0.15) is 0 Å². The molecule has 0 fully saturated rings. The molecule has 146 valence electrons. The Morgan fingerprint density at radius 3 is 2.43 bits per heavy atom. The first-order valence-electron chi connectivity index (χ1n) is 8.11. The van der Waals surface area contributed by atoms with E-state index in [-0.39, 0.29) is 21.5 Å². The lowest BCUT2D eigenvalue weighted by Gasteiger charge is -2.14. The van der Waals surface area contributed by atoms with Crippen molar-refractivity contribution in [3.8, 4) is 0 Å². The van der Waals surface area contributed by atoms with Crippen LogP contribution in [0.3, 0.4) is 0 Å². The molecule has 0 saturated heterocycles. The van der Waals surface area contributed by atoms with Crippen LogP contribution in [0, 0.1) is 0 Å². The summed E-state index contributed by atoms with van der Waals surface area (Å²) in [5, 5.41) is 6.83. The van der Waals surface area contributed by atoms with Crippen molar-refractivity contribution in [2.45, 2.75) is 4.90 Å². The van der Waals surface area contributed by atoms with Gasteiger partial charge in [0.05, 0.1) is 21.2 Å². The van der Waals surface area contributed by atoms with Crippen molar-refractivity contribution in [1.82, 2.24) is 4.31 Å². The number of amides is 1. The van der Waals surface area contributed by atoms with Gasteiger partial charge < -0.3 is 5.32 Å². The van der Waals surface area contributed by atoms with Crippen LogP contribution in [-0.4, -0.2) is 32.7 Å². The van der Waals surface area contributed by atoms with E-state index in [1.807, 2.05) is 35.0 Å². The van der Waals surface area contributed by atoms with Crippen molar-refractivity contribution in [2.24, 2.45) is 0 Å². The predicted molar refractivity (Wildman–Crippen MR) is 117 cm³/mol. The first-order chi connectivity index (χ1) is 13.3. The summed E-state index contributed by atoms with van der Waals surface area (Å²) in [6, 6.07) is 11.8. The minimum atomic E-state index is -3.64. The zero-order chi connectivity index (χ0) is 20.3. The van der Waals surface area contributed by atoms with Crippen molar-refractivity contribution in [2.75, 3.05) is 19.4 Å². The molecule has 3 aromatic rings. The number of hydrogen-bond donors (Lipinski definition) is 1. The smallest absolute Gasteiger partial charge is 0.257 e. The fourth-order valence-electron chi connectivity index (χ4n) is 2.36. The van der Waals surface area contributed by atoms with Crippen molar-refractivity contribution in [1.29, 1.82) is 0 Å². The summed E-state index contributed by atoms with van der Waals surface area (Å²) >= 11 is 9.17. The lowest BCUT2D eigenvalue weighted by atomic mass is 10.1. The zero-order valence-electron chi connectivity index (χ0n) is 15.0. The van der Waals surface area contributed by atoms with E-state index >= 15 is 0 Å². The molecule has 9 heteroatoms. The van der Waals surface area contributed by atoms with Gasteiger partial charge in [-0.05, 0) is 47.2 Å². The summed E-state index contributed by atoms with van der Waals surface area (Å²) in [5.41, 5.74) is 0.720. The average molecular weight is 453 g/mol. The third-order valence-corrected chi connectivity index (χ3v) is 7.69. The van der Waals surface area contributed by atoms with Gasteiger partial charge in [-0.25, -0.2) is 12.7 Å². The minimum Gasteiger partial charge on any atom is -0.321 e. The summed E-state index contributed by atoms with van der Waals surface area (Å²) in [4.78, 5) is 14.8. The first-order valence-corrected chi connectivity index (χ1v) is 11.7. The van der Waals surface area contributed by atoms with Crippen LogP contribution in [0.25, 0.3) is 11.6 Å². The molecule has 28 heavy (non-hydrogen) atoms. The average Bonchev–Trinajstić information content (AvgIpc) is 3.34. The number of benzene rings is 1. The third-order valence-electron chi connectivity index (χ3n) is 3.83. The number of rotatable bonds is 6. The Kier molecular flexibility index (Phi) is 6.36. The number of thiophene rings is 2. The van der Waals surface area contributed by atoms with Gasteiger partial charge in [0.1, 0.15) is 0 Å². The molecule has 5 nitrogen and oxygen atoms in total. The number of halogens is 1. The zero-order valence-corrected chi connectivity index (χ0v) is 18.3. The van der Waals surface area contributed by atoms with Crippen LogP contribution in [0.1, 0.15) is 9.75 Å². The standard InChI is InChI=1S/C19H17ClN2O3S3/c1-22(2)28(24,25)14-7-8-16(20)17(12-14)21-19(23)15(18-6-4-10-27-18)11-13-5-3-9-26-13/h3-12H,1-2H3,(H,21,23). The maximum absolute atomic E-state index is 13.0. The highest BCUT2D eigenvalue weighted by Crippen LogP contribution is 2.30. The van der Waals surface area contributed by atoms with Crippen molar-refractivity contribution < 1.29 is 13.2 Å². The normalized spacial score (nSPS) is 12.4. The SMILES string of the molecule is CN(C)S(=O)(=O)c1ccc(Cl)c(NC(=O)C(=Cc2cccs2)c2cccs2)c1. The molecule has 0 saturated carbocycles. The Morgan fingerprint density at radius 1 is 1.11 bits per heavy atom. The molecule has 2 aromatic heterocycles. The second kappa shape index (κ2) is 8.59. The number of carbonyl (C=O) groups is 1. The topological polar surface area (TPSA) is 66.5 Å². The molecule has 0 aliphatic heterocycles. The van der Waals surface area contributed by atoms with Crippen LogP contribution < -0.4 is 5.32 Å². The van der Waals surface area contributed by atoms with E-state index in [1.165, 1.54) is 55.0 Å². The van der Waals surface area contributed by atoms with E-state index in [2.05, 4.69) is 5.32 Å². The number of anilines is 1. The Hall–Kier alpha value is -1.97. The molecule has 0 atom stereocenters. The molecule has 0 aliphatic carbocycles. The quantitative estimate of drug-likeness (QED) is 0.541. The van der Waals surface area contributed by atoms with Gasteiger partial charge in [-0.3, -0.25) is 4.79 Å². The van der Waals surface area contributed by atoms with Crippen LogP contribution in [0.15, 0.2) is 58.1 Å². The van der Waals surface area contributed by atoms with E-state index in [1.54, 1.807) is 6.08 Å². The van der Waals surface area contributed by atoms with Gasteiger partial charge in [0.15, 0.2) is 0 Å². The van der Waals surface area contributed by atoms with Crippen LogP contribution in [0.5, 0.6) is 0 Å². The summed E-state index contributed by atoms with van der Waals surface area (Å²) in [7, 11) is -0.753. The summed E-state index contributed by atoms with van der Waals surface area (Å²) in [6.07, 6.45) is 1.81. The van der Waals surface area contributed by atoms with E-state index in [0.717, 1.165) is 14.1 Å². The highest BCUT2D eigenvalue weighted by molar-refractivity contribution is 7.89. The van der Waals surface area contributed by atoms with Gasteiger partial charge in [-0.1, -0.05) is 23.7 Å². The second-order valence-corrected chi connectivity index (χ2v) is 10.4. The number of sulfonamides is 1. The molecular weight excluding hydrogens is 436 g/mol. The lowest BCUT2D eigenvalue weighted by molar-refractivity contribution is -0.111. The monoisotopic (exact) mass is 452 g/mol. The van der Waals surface area contributed by atoms with Gasteiger partial charge in [0.25, 0.3) is 5.91 Å². The van der Waals surface area contributed by atoms with Crippen molar-refractivity contribution >= 4 is 67.5 Å². The van der Waals surface area contributed by atoms with Crippen molar-refractivity contribution in [3.63, 3.8) is 0 Å². The molecule has 1 N–H and O–H groups in total. The molecular formula is C19H17ClN2O3S3. The Labute approximate surface area is 176 Å². The molecule has 0 radical (unpaired) electrons. The largest absolute Gasteiger partial charge is 0.321 e. The van der Waals surface area contributed by atoms with E-state index in [0.29, 0.717) is 5.57 Å². The number of carbonyl (C=O) groups excluding carboxylic acids is 1. The maximum atomic E-state index is 13.0. The Bertz CT molecular complexity index is 1100. The molecule has 1 aromatic carbocycles. The van der Waals surface area contributed by atoms with Crippen molar-refractivity contribution in [3.05, 3.63) is 68.0 Å². The fourth-order valence-corrected chi connectivity index (χ4v) is 4.85. The van der Waals surface area contributed by atoms with Gasteiger partial charge >= 0.3 is 0 Å². The lowest BCUT2D eigenvalue weighted by Crippen LogP contribution is -2.22. The van der Waals surface area contributed by atoms with E-state index in [9.17, 15) is 13.2 Å². The molecule has 1 amide bonds. The maximum Gasteiger partial charge on any atom is 0.257 e. The van der Waals surface area contributed by atoms with Gasteiger partial charge in [0, 0.05) is 23.8 Å².